The summed E-state index contributed by atoms with van der Waals surface area (Å²) in [6.07, 6.45) is 6.01. The van der Waals surface area contributed by atoms with Gasteiger partial charge in [-0.05, 0) is 38.0 Å². The quantitative estimate of drug-likeness (QED) is 0.754. The van der Waals surface area contributed by atoms with E-state index in [1.807, 2.05) is 0 Å². The highest BCUT2D eigenvalue weighted by Gasteiger charge is 2.41. The standard InChI is InChI=1S/C12H20N2O/c1-8-6-10(7-8)14-5-4-11(12(14)15)13-9-2-3-9/h8-11,13H,2-7H2,1H3. The van der Waals surface area contributed by atoms with Crippen LogP contribution in [0.4, 0.5) is 0 Å². The van der Waals surface area contributed by atoms with Crippen LogP contribution in [0.3, 0.4) is 0 Å². The second-order valence-electron chi connectivity index (χ2n) is 5.54. The third-order valence-corrected chi connectivity index (χ3v) is 4.04. The Bertz CT molecular complexity index is 269. The predicted molar refractivity (Wildman–Crippen MR) is 58.5 cm³/mol. The average molecular weight is 208 g/mol. The fourth-order valence-electron chi connectivity index (χ4n) is 2.87. The van der Waals surface area contributed by atoms with Crippen molar-refractivity contribution in [3.8, 4) is 0 Å². The Balaban J connectivity index is 1.55. The molecule has 2 aliphatic carbocycles. The molecule has 1 heterocycles. The van der Waals surface area contributed by atoms with Crippen LogP contribution in [0.1, 0.15) is 39.0 Å². The van der Waals surface area contributed by atoms with Gasteiger partial charge < -0.3 is 10.2 Å². The summed E-state index contributed by atoms with van der Waals surface area (Å²) in [5.41, 5.74) is 0. The van der Waals surface area contributed by atoms with Crippen molar-refractivity contribution in [2.24, 2.45) is 5.92 Å². The van der Waals surface area contributed by atoms with Crippen LogP contribution in [0.15, 0.2) is 0 Å². The van der Waals surface area contributed by atoms with E-state index >= 15 is 0 Å². The zero-order valence-corrected chi connectivity index (χ0v) is 9.41. The van der Waals surface area contributed by atoms with Gasteiger partial charge in [0.2, 0.25) is 5.91 Å². The summed E-state index contributed by atoms with van der Waals surface area (Å²) in [6.45, 7) is 3.26. The maximum absolute atomic E-state index is 12.1. The third kappa shape index (κ3) is 1.78. The van der Waals surface area contributed by atoms with Crippen molar-refractivity contribution in [1.29, 1.82) is 0 Å². The minimum atomic E-state index is 0.147. The highest BCUT2D eigenvalue weighted by atomic mass is 16.2. The lowest BCUT2D eigenvalue weighted by Crippen LogP contribution is -2.48. The van der Waals surface area contributed by atoms with Gasteiger partial charge in [0.1, 0.15) is 0 Å². The molecule has 1 atom stereocenters. The highest BCUT2D eigenvalue weighted by molar-refractivity contribution is 5.84. The Morgan fingerprint density at radius 1 is 1.27 bits per heavy atom. The Morgan fingerprint density at radius 2 is 2.00 bits per heavy atom. The number of amides is 1. The Labute approximate surface area is 91.2 Å². The number of hydrogen-bond acceptors (Lipinski definition) is 2. The van der Waals surface area contributed by atoms with Gasteiger partial charge in [-0.3, -0.25) is 4.79 Å². The van der Waals surface area contributed by atoms with Crippen molar-refractivity contribution >= 4 is 5.91 Å². The van der Waals surface area contributed by atoms with Crippen molar-refractivity contribution in [1.82, 2.24) is 10.2 Å². The normalized spacial score (nSPS) is 40.7. The van der Waals surface area contributed by atoms with E-state index in [0.29, 0.717) is 18.0 Å². The largest absolute Gasteiger partial charge is 0.338 e. The molecule has 0 aromatic rings. The maximum atomic E-state index is 12.1. The van der Waals surface area contributed by atoms with Crippen LogP contribution in [0, 0.1) is 5.92 Å². The molecular formula is C12H20N2O. The Kier molecular flexibility index (Phi) is 2.23. The molecule has 1 N–H and O–H groups in total. The predicted octanol–water partition coefficient (Wildman–Crippen LogP) is 1.14. The first kappa shape index (κ1) is 9.64. The van der Waals surface area contributed by atoms with Gasteiger partial charge in [-0.15, -0.1) is 0 Å². The van der Waals surface area contributed by atoms with Crippen LogP contribution >= 0.6 is 0 Å². The molecule has 3 aliphatic rings. The number of nitrogens with one attached hydrogen (secondary N) is 1. The van der Waals surface area contributed by atoms with Crippen LogP contribution in [-0.2, 0) is 4.79 Å². The van der Waals surface area contributed by atoms with E-state index in [9.17, 15) is 4.79 Å². The van der Waals surface area contributed by atoms with Gasteiger partial charge in [0, 0.05) is 18.6 Å². The number of rotatable bonds is 3. The monoisotopic (exact) mass is 208 g/mol. The van der Waals surface area contributed by atoms with Crippen LogP contribution < -0.4 is 5.32 Å². The maximum Gasteiger partial charge on any atom is 0.240 e. The van der Waals surface area contributed by atoms with Crippen molar-refractivity contribution in [3.63, 3.8) is 0 Å². The molecule has 1 aliphatic heterocycles. The Morgan fingerprint density at radius 3 is 2.60 bits per heavy atom. The first-order valence-corrected chi connectivity index (χ1v) is 6.30. The highest BCUT2D eigenvalue weighted by Crippen LogP contribution is 2.34. The minimum absolute atomic E-state index is 0.147. The summed E-state index contributed by atoms with van der Waals surface area (Å²) < 4.78 is 0. The lowest BCUT2D eigenvalue weighted by Gasteiger charge is -2.39. The molecule has 0 radical (unpaired) electrons. The SMILES string of the molecule is CC1CC(N2CCC(NC3CC3)C2=O)C1. The second kappa shape index (κ2) is 3.48. The molecule has 3 fully saturated rings. The fourth-order valence-corrected chi connectivity index (χ4v) is 2.87. The number of hydrogen-bond donors (Lipinski definition) is 1. The number of likely N-dealkylation sites (tertiary alicyclic amines) is 1. The molecule has 3 heteroatoms. The smallest absolute Gasteiger partial charge is 0.240 e. The average Bonchev–Trinajstić information content (AvgIpc) is 2.90. The molecule has 15 heavy (non-hydrogen) atoms. The lowest BCUT2D eigenvalue weighted by molar-refractivity contribution is -0.133. The van der Waals surface area contributed by atoms with E-state index in [4.69, 9.17) is 0 Å². The molecule has 2 saturated carbocycles. The first-order valence-electron chi connectivity index (χ1n) is 6.30. The summed E-state index contributed by atoms with van der Waals surface area (Å²) >= 11 is 0. The molecule has 0 spiro atoms. The summed E-state index contributed by atoms with van der Waals surface area (Å²) in [6, 6.07) is 1.37. The number of carbonyl (C=O) groups is 1. The molecule has 1 amide bonds. The second-order valence-corrected chi connectivity index (χ2v) is 5.54. The summed E-state index contributed by atoms with van der Waals surface area (Å²) in [5, 5.41) is 3.46. The third-order valence-electron chi connectivity index (χ3n) is 4.04. The fraction of sp³-hybridized carbons (Fsp3) is 0.917. The summed E-state index contributed by atoms with van der Waals surface area (Å²) in [5.74, 6) is 1.21. The van der Waals surface area contributed by atoms with Gasteiger partial charge in [-0.25, -0.2) is 0 Å². The molecule has 0 aromatic carbocycles. The van der Waals surface area contributed by atoms with Crippen LogP contribution in [-0.4, -0.2) is 35.5 Å². The molecule has 0 bridgehead atoms. The molecule has 1 unspecified atom stereocenters. The molecule has 3 rings (SSSR count). The number of carbonyl (C=O) groups excluding carboxylic acids is 1. The summed E-state index contributed by atoms with van der Waals surface area (Å²) in [4.78, 5) is 14.2. The molecule has 3 nitrogen and oxygen atoms in total. The van der Waals surface area contributed by atoms with Gasteiger partial charge >= 0.3 is 0 Å². The molecule has 84 valence electrons. The van der Waals surface area contributed by atoms with Gasteiger partial charge in [-0.2, -0.15) is 0 Å². The van der Waals surface area contributed by atoms with Crippen LogP contribution in [0.2, 0.25) is 0 Å². The van der Waals surface area contributed by atoms with Gasteiger partial charge in [-0.1, -0.05) is 6.92 Å². The van der Waals surface area contributed by atoms with Crippen molar-refractivity contribution in [3.05, 3.63) is 0 Å². The van der Waals surface area contributed by atoms with Crippen molar-refractivity contribution in [2.75, 3.05) is 6.54 Å². The van der Waals surface area contributed by atoms with Gasteiger partial charge in [0.15, 0.2) is 0 Å². The van der Waals surface area contributed by atoms with Crippen molar-refractivity contribution < 1.29 is 4.79 Å². The van der Waals surface area contributed by atoms with E-state index < -0.39 is 0 Å². The van der Waals surface area contributed by atoms with E-state index in [1.165, 1.54) is 25.7 Å². The van der Waals surface area contributed by atoms with Crippen LogP contribution in [0.25, 0.3) is 0 Å². The van der Waals surface area contributed by atoms with Gasteiger partial charge in [0.25, 0.3) is 0 Å². The zero-order chi connectivity index (χ0) is 10.4. The van der Waals surface area contributed by atoms with E-state index in [1.54, 1.807) is 0 Å². The zero-order valence-electron chi connectivity index (χ0n) is 9.41. The molecule has 1 saturated heterocycles. The van der Waals surface area contributed by atoms with E-state index in [0.717, 1.165) is 18.9 Å². The molecular weight excluding hydrogens is 188 g/mol. The van der Waals surface area contributed by atoms with Crippen LogP contribution in [0.5, 0.6) is 0 Å². The Hall–Kier alpha value is -0.570. The van der Waals surface area contributed by atoms with Gasteiger partial charge in [0.05, 0.1) is 6.04 Å². The lowest BCUT2D eigenvalue weighted by atomic mass is 9.81. The van der Waals surface area contributed by atoms with E-state index in [-0.39, 0.29) is 6.04 Å². The van der Waals surface area contributed by atoms with Crippen molar-refractivity contribution in [2.45, 2.75) is 57.2 Å². The first-order chi connectivity index (χ1) is 7.24. The van der Waals surface area contributed by atoms with E-state index in [2.05, 4.69) is 17.1 Å². The summed E-state index contributed by atoms with van der Waals surface area (Å²) in [7, 11) is 0. The minimum Gasteiger partial charge on any atom is -0.338 e. The number of nitrogens with zero attached hydrogens (tertiary/aromatic N) is 1. The molecule has 0 aromatic heterocycles. The topological polar surface area (TPSA) is 32.3 Å².